The molecule has 1 aliphatic heterocycles. The average Bonchev–Trinajstić information content (AvgIpc) is 3.14. The number of fused-ring (bicyclic) bond motifs is 1. The SMILES string of the molecule is Cc1cc(N2CCCC2)c2ccc(OCc3ccncc3)cc2n1.Cl. The number of hydrogen-bond donors (Lipinski definition) is 0. The maximum absolute atomic E-state index is 5.92. The van der Waals surface area contributed by atoms with Crippen molar-refractivity contribution in [3.8, 4) is 5.75 Å². The first kappa shape index (κ1) is 17.5. The van der Waals surface area contributed by atoms with Crippen molar-refractivity contribution >= 4 is 29.0 Å². The summed E-state index contributed by atoms with van der Waals surface area (Å²) >= 11 is 0. The van der Waals surface area contributed by atoms with E-state index in [2.05, 4.69) is 28.9 Å². The van der Waals surface area contributed by atoms with Crippen LogP contribution in [0.3, 0.4) is 0 Å². The molecular formula is C20H22ClN3O. The van der Waals surface area contributed by atoms with E-state index in [0.717, 1.165) is 35.6 Å². The van der Waals surface area contributed by atoms with Gasteiger partial charge in [0.05, 0.1) is 5.52 Å². The van der Waals surface area contributed by atoms with Crippen LogP contribution in [-0.4, -0.2) is 23.1 Å². The van der Waals surface area contributed by atoms with Crippen molar-refractivity contribution in [1.82, 2.24) is 9.97 Å². The second-order valence-corrected chi connectivity index (χ2v) is 6.30. The summed E-state index contributed by atoms with van der Waals surface area (Å²) < 4.78 is 5.92. The molecule has 0 aliphatic carbocycles. The second kappa shape index (κ2) is 7.70. The van der Waals surface area contributed by atoms with Gasteiger partial charge in [-0.15, -0.1) is 12.4 Å². The quantitative estimate of drug-likeness (QED) is 0.688. The highest BCUT2D eigenvalue weighted by Crippen LogP contribution is 2.31. The Hall–Kier alpha value is -2.33. The maximum Gasteiger partial charge on any atom is 0.122 e. The zero-order valence-corrected chi connectivity index (χ0v) is 15.1. The monoisotopic (exact) mass is 355 g/mol. The molecule has 0 radical (unpaired) electrons. The number of halogens is 1. The molecule has 0 bridgehead atoms. The second-order valence-electron chi connectivity index (χ2n) is 6.30. The molecule has 2 aromatic heterocycles. The lowest BCUT2D eigenvalue weighted by Crippen LogP contribution is -2.18. The molecule has 5 heteroatoms. The topological polar surface area (TPSA) is 38.2 Å². The van der Waals surface area contributed by atoms with Gasteiger partial charge in [0.1, 0.15) is 12.4 Å². The van der Waals surface area contributed by atoms with Crippen molar-refractivity contribution in [2.24, 2.45) is 0 Å². The summed E-state index contributed by atoms with van der Waals surface area (Å²) in [6.07, 6.45) is 6.12. The fourth-order valence-electron chi connectivity index (χ4n) is 3.27. The molecule has 4 nitrogen and oxygen atoms in total. The molecule has 0 saturated carbocycles. The summed E-state index contributed by atoms with van der Waals surface area (Å²) in [7, 11) is 0. The van der Waals surface area contributed by atoms with E-state index in [-0.39, 0.29) is 12.4 Å². The minimum absolute atomic E-state index is 0. The summed E-state index contributed by atoms with van der Waals surface area (Å²) in [5.41, 5.74) is 4.47. The number of pyridine rings is 2. The van der Waals surface area contributed by atoms with Crippen LogP contribution in [0.25, 0.3) is 10.9 Å². The Balaban J connectivity index is 0.00000182. The molecule has 0 atom stereocenters. The van der Waals surface area contributed by atoms with Gasteiger partial charge in [0.2, 0.25) is 0 Å². The summed E-state index contributed by atoms with van der Waals surface area (Å²) in [6, 6.07) is 12.4. The zero-order chi connectivity index (χ0) is 16.4. The Labute approximate surface area is 154 Å². The van der Waals surface area contributed by atoms with E-state index in [4.69, 9.17) is 9.72 Å². The Morgan fingerprint density at radius 2 is 1.80 bits per heavy atom. The van der Waals surface area contributed by atoms with Crippen LogP contribution in [0, 0.1) is 6.92 Å². The van der Waals surface area contributed by atoms with Crippen LogP contribution >= 0.6 is 12.4 Å². The average molecular weight is 356 g/mol. The number of nitrogens with zero attached hydrogens (tertiary/aromatic N) is 3. The van der Waals surface area contributed by atoms with Crippen LogP contribution in [0.4, 0.5) is 5.69 Å². The highest BCUT2D eigenvalue weighted by molar-refractivity contribution is 5.93. The maximum atomic E-state index is 5.92. The normalized spacial score (nSPS) is 13.7. The van der Waals surface area contributed by atoms with Crippen molar-refractivity contribution in [2.75, 3.05) is 18.0 Å². The Morgan fingerprint density at radius 1 is 1.04 bits per heavy atom. The molecule has 0 amide bonds. The first-order valence-corrected chi connectivity index (χ1v) is 8.48. The lowest BCUT2D eigenvalue weighted by molar-refractivity contribution is 0.306. The highest BCUT2D eigenvalue weighted by Gasteiger charge is 2.16. The van der Waals surface area contributed by atoms with Gasteiger partial charge in [-0.2, -0.15) is 0 Å². The Bertz CT molecular complexity index is 848. The van der Waals surface area contributed by atoms with Gasteiger partial charge in [0, 0.05) is 48.3 Å². The number of hydrogen-bond acceptors (Lipinski definition) is 4. The number of aromatic nitrogens is 2. The minimum Gasteiger partial charge on any atom is -0.489 e. The summed E-state index contributed by atoms with van der Waals surface area (Å²) in [4.78, 5) is 11.2. The standard InChI is InChI=1S/C20H21N3O.ClH/c1-15-12-20(23-10-2-3-11-23)18-5-4-17(13-19(18)22-15)24-14-16-6-8-21-9-7-16;/h4-9,12-13H,2-3,10-11,14H2,1H3;1H. The Kier molecular flexibility index (Phi) is 5.39. The molecule has 1 aliphatic rings. The third-order valence-corrected chi connectivity index (χ3v) is 4.49. The summed E-state index contributed by atoms with van der Waals surface area (Å²) in [5.74, 6) is 0.852. The van der Waals surface area contributed by atoms with Crippen molar-refractivity contribution in [2.45, 2.75) is 26.4 Å². The van der Waals surface area contributed by atoms with E-state index < -0.39 is 0 Å². The van der Waals surface area contributed by atoms with Gasteiger partial charge >= 0.3 is 0 Å². The fraction of sp³-hybridized carbons (Fsp3) is 0.300. The summed E-state index contributed by atoms with van der Waals surface area (Å²) in [6.45, 7) is 4.88. The van der Waals surface area contributed by atoms with Gasteiger partial charge in [0.15, 0.2) is 0 Å². The first-order valence-electron chi connectivity index (χ1n) is 8.48. The van der Waals surface area contributed by atoms with Crippen molar-refractivity contribution in [3.63, 3.8) is 0 Å². The number of rotatable bonds is 4. The third kappa shape index (κ3) is 3.85. The lowest BCUT2D eigenvalue weighted by Gasteiger charge is -2.20. The van der Waals surface area contributed by atoms with Crippen molar-refractivity contribution in [3.05, 3.63) is 60.0 Å². The molecule has 130 valence electrons. The molecule has 0 N–H and O–H groups in total. The van der Waals surface area contributed by atoms with Crippen LogP contribution in [0.2, 0.25) is 0 Å². The van der Waals surface area contributed by atoms with Gasteiger partial charge in [-0.3, -0.25) is 9.97 Å². The van der Waals surface area contributed by atoms with Crippen LogP contribution in [-0.2, 0) is 6.61 Å². The van der Waals surface area contributed by atoms with E-state index in [1.165, 1.54) is 23.9 Å². The van der Waals surface area contributed by atoms with Crippen LogP contribution < -0.4 is 9.64 Å². The molecule has 25 heavy (non-hydrogen) atoms. The third-order valence-electron chi connectivity index (χ3n) is 4.49. The van der Waals surface area contributed by atoms with Crippen LogP contribution in [0.5, 0.6) is 5.75 Å². The number of ether oxygens (including phenoxy) is 1. The molecule has 1 saturated heterocycles. The zero-order valence-electron chi connectivity index (χ0n) is 14.3. The van der Waals surface area contributed by atoms with E-state index in [1.807, 2.05) is 24.3 Å². The van der Waals surface area contributed by atoms with Gasteiger partial charge in [-0.05, 0) is 55.7 Å². The molecule has 1 fully saturated rings. The van der Waals surface area contributed by atoms with E-state index in [1.54, 1.807) is 12.4 Å². The first-order chi connectivity index (χ1) is 11.8. The molecule has 1 aromatic carbocycles. The number of anilines is 1. The molecule has 3 aromatic rings. The molecule has 3 heterocycles. The van der Waals surface area contributed by atoms with Gasteiger partial charge < -0.3 is 9.64 Å². The predicted molar refractivity (Wildman–Crippen MR) is 104 cm³/mol. The predicted octanol–water partition coefficient (Wildman–Crippen LogP) is 4.54. The Morgan fingerprint density at radius 3 is 2.56 bits per heavy atom. The largest absolute Gasteiger partial charge is 0.489 e. The van der Waals surface area contributed by atoms with E-state index in [9.17, 15) is 0 Å². The van der Waals surface area contributed by atoms with Crippen molar-refractivity contribution in [1.29, 1.82) is 0 Å². The smallest absolute Gasteiger partial charge is 0.122 e. The highest BCUT2D eigenvalue weighted by atomic mass is 35.5. The van der Waals surface area contributed by atoms with Gasteiger partial charge in [0.25, 0.3) is 0 Å². The molecule has 0 spiro atoms. The van der Waals surface area contributed by atoms with Gasteiger partial charge in [-0.25, -0.2) is 0 Å². The van der Waals surface area contributed by atoms with E-state index in [0.29, 0.717) is 6.61 Å². The lowest BCUT2D eigenvalue weighted by atomic mass is 10.1. The minimum atomic E-state index is 0. The summed E-state index contributed by atoms with van der Waals surface area (Å²) in [5, 5.41) is 1.21. The van der Waals surface area contributed by atoms with Crippen molar-refractivity contribution < 1.29 is 4.74 Å². The molecular weight excluding hydrogens is 334 g/mol. The number of aryl methyl sites for hydroxylation is 1. The van der Waals surface area contributed by atoms with Crippen LogP contribution in [0.15, 0.2) is 48.8 Å². The number of benzene rings is 1. The van der Waals surface area contributed by atoms with Gasteiger partial charge in [-0.1, -0.05) is 0 Å². The molecule has 4 rings (SSSR count). The van der Waals surface area contributed by atoms with Crippen LogP contribution in [0.1, 0.15) is 24.1 Å². The molecule has 0 unspecified atom stereocenters. The fourth-order valence-corrected chi connectivity index (χ4v) is 3.27. The van der Waals surface area contributed by atoms with E-state index >= 15 is 0 Å².